The van der Waals surface area contributed by atoms with Gasteiger partial charge >= 0.3 is 0 Å². The maximum absolute atomic E-state index is 13.2. The van der Waals surface area contributed by atoms with Gasteiger partial charge in [0, 0.05) is 17.9 Å². The van der Waals surface area contributed by atoms with E-state index in [2.05, 4.69) is 35.5 Å². The second kappa shape index (κ2) is 19.4. The number of halogens is 2. The smallest absolute Gasteiger partial charge is 0.259 e. The van der Waals surface area contributed by atoms with E-state index in [9.17, 15) is 4.79 Å². The average molecular weight is 638 g/mol. The normalized spacial score (nSPS) is 12.7. The van der Waals surface area contributed by atoms with Crippen LogP contribution in [0.4, 0.5) is 5.69 Å². The first-order valence-electron chi connectivity index (χ1n) is 14.4. The summed E-state index contributed by atoms with van der Waals surface area (Å²) in [5, 5.41) is 5.69. The molecule has 0 aromatic heterocycles. The molecule has 1 N–H and O–H groups in total. The van der Waals surface area contributed by atoms with Crippen LogP contribution in [0.3, 0.4) is 0 Å². The molecule has 0 fully saturated rings. The Morgan fingerprint density at radius 3 is 2.23 bits per heavy atom. The molecule has 0 bridgehead atoms. The molecular formula is C32H46BrClN2O2S. The van der Waals surface area contributed by atoms with Gasteiger partial charge in [0.25, 0.3) is 5.91 Å². The first-order valence-corrected chi connectivity index (χ1v) is 15.9. The van der Waals surface area contributed by atoms with Gasteiger partial charge in [-0.1, -0.05) is 107 Å². The van der Waals surface area contributed by atoms with Crippen molar-refractivity contribution in [2.75, 3.05) is 17.8 Å². The fourth-order valence-corrected chi connectivity index (χ4v) is 5.88. The quantitative estimate of drug-likeness (QED) is 0.165. The molecule has 2 aromatic rings. The zero-order chi connectivity index (χ0) is 27.0. The van der Waals surface area contributed by atoms with Gasteiger partial charge < -0.3 is 15.0 Å². The summed E-state index contributed by atoms with van der Waals surface area (Å²) in [4.78, 5) is 15.5. The zero-order valence-corrected chi connectivity index (χ0v) is 27.0. The fraction of sp³-hybridized carbons (Fsp3) is 0.531. The molecule has 0 saturated heterocycles. The van der Waals surface area contributed by atoms with Crippen LogP contribution in [0.1, 0.15) is 107 Å². The molecule has 0 unspecified atom stereocenters. The van der Waals surface area contributed by atoms with Crippen LogP contribution in [0.25, 0.3) is 0 Å². The number of hydrogen-bond donors (Lipinski definition) is 1. The van der Waals surface area contributed by atoms with Crippen molar-refractivity contribution in [2.45, 2.75) is 97.4 Å². The topological polar surface area (TPSA) is 41.6 Å². The summed E-state index contributed by atoms with van der Waals surface area (Å²) in [7, 11) is 0. The monoisotopic (exact) mass is 636 g/mol. The lowest BCUT2D eigenvalue weighted by Gasteiger charge is -2.19. The number of amides is 1. The fourth-order valence-electron chi connectivity index (χ4n) is 4.71. The van der Waals surface area contributed by atoms with Gasteiger partial charge in [-0.2, -0.15) is 0 Å². The molecule has 3 rings (SSSR count). The predicted molar refractivity (Wildman–Crippen MR) is 175 cm³/mol. The highest BCUT2D eigenvalue weighted by Crippen LogP contribution is 2.30. The largest absolute Gasteiger partial charge is 0.491 e. The van der Waals surface area contributed by atoms with Crippen LogP contribution in [-0.2, 0) is 6.54 Å². The van der Waals surface area contributed by atoms with Crippen LogP contribution in [0.15, 0.2) is 53.6 Å². The lowest BCUT2D eigenvalue weighted by Crippen LogP contribution is -2.17. The molecule has 39 heavy (non-hydrogen) atoms. The molecule has 1 aliphatic heterocycles. The second-order valence-electron chi connectivity index (χ2n) is 10.3. The highest BCUT2D eigenvalue weighted by Gasteiger charge is 2.17. The number of carbonyl (C=O) groups is 1. The van der Waals surface area contributed by atoms with Gasteiger partial charge in [-0.3, -0.25) is 4.79 Å². The summed E-state index contributed by atoms with van der Waals surface area (Å²) in [6.45, 7) is 5.79. The van der Waals surface area contributed by atoms with Gasteiger partial charge in [-0.05, 0) is 48.6 Å². The third-order valence-corrected chi connectivity index (χ3v) is 8.26. The molecule has 0 spiro atoms. The van der Waals surface area contributed by atoms with Gasteiger partial charge in [0.05, 0.1) is 23.1 Å². The minimum atomic E-state index is -0.206. The SMILES string of the molecule is Br.CCCCCCCCCCCCCCOc1c(Cl)cccc1C(=O)Nc1cccc(CN2CSC=C2C)c1. The van der Waals surface area contributed by atoms with Gasteiger partial charge in [0.15, 0.2) is 5.75 Å². The first kappa shape index (κ1) is 33.6. The maximum Gasteiger partial charge on any atom is 0.259 e. The van der Waals surface area contributed by atoms with Crippen molar-refractivity contribution in [2.24, 2.45) is 0 Å². The van der Waals surface area contributed by atoms with E-state index in [0.29, 0.717) is 22.9 Å². The molecule has 7 heteroatoms. The summed E-state index contributed by atoms with van der Waals surface area (Å²) in [5.41, 5.74) is 3.68. The molecular weight excluding hydrogens is 592 g/mol. The van der Waals surface area contributed by atoms with E-state index in [1.807, 2.05) is 30.0 Å². The van der Waals surface area contributed by atoms with E-state index in [1.165, 1.54) is 69.9 Å². The van der Waals surface area contributed by atoms with Crippen LogP contribution in [0.2, 0.25) is 5.02 Å². The van der Waals surface area contributed by atoms with Gasteiger partial charge in [0.2, 0.25) is 0 Å². The molecule has 0 radical (unpaired) electrons. The number of nitrogens with one attached hydrogen (secondary N) is 1. The van der Waals surface area contributed by atoms with E-state index in [0.717, 1.165) is 36.5 Å². The van der Waals surface area contributed by atoms with Crippen LogP contribution >= 0.6 is 40.3 Å². The molecule has 4 nitrogen and oxygen atoms in total. The van der Waals surface area contributed by atoms with Crippen molar-refractivity contribution in [3.63, 3.8) is 0 Å². The summed E-state index contributed by atoms with van der Waals surface area (Å²) in [5.74, 6) is 1.23. The summed E-state index contributed by atoms with van der Waals surface area (Å²) in [6, 6.07) is 13.4. The van der Waals surface area contributed by atoms with Crippen LogP contribution in [0, 0.1) is 0 Å². The maximum atomic E-state index is 13.2. The summed E-state index contributed by atoms with van der Waals surface area (Å²) < 4.78 is 6.03. The van der Waals surface area contributed by atoms with Crippen LogP contribution in [0.5, 0.6) is 5.75 Å². The minimum absolute atomic E-state index is 0. The van der Waals surface area contributed by atoms with E-state index in [-0.39, 0.29) is 22.9 Å². The third kappa shape index (κ3) is 12.2. The molecule has 0 saturated carbocycles. The molecule has 1 aliphatic rings. The number of benzene rings is 2. The van der Waals surface area contributed by atoms with Crippen molar-refractivity contribution in [3.05, 3.63) is 69.7 Å². The number of thioether (sulfide) groups is 1. The Morgan fingerprint density at radius 1 is 0.949 bits per heavy atom. The number of para-hydroxylation sites is 1. The molecule has 2 aromatic carbocycles. The number of allylic oxidation sites excluding steroid dienone is 1. The van der Waals surface area contributed by atoms with Crippen LogP contribution in [-0.4, -0.2) is 23.3 Å². The summed E-state index contributed by atoms with van der Waals surface area (Å²) >= 11 is 8.25. The number of anilines is 1. The predicted octanol–water partition coefficient (Wildman–Crippen LogP) is 10.6. The number of hydrogen-bond acceptors (Lipinski definition) is 4. The number of ether oxygens (including phenoxy) is 1. The number of rotatable bonds is 18. The lowest BCUT2D eigenvalue weighted by molar-refractivity contribution is 0.102. The average Bonchev–Trinajstić information content (AvgIpc) is 3.31. The minimum Gasteiger partial charge on any atom is -0.491 e. The second-order valence-corrected chi connectivity index (χ2v) is 11.5. The van der Waals surface area contributed by atoms with Gasteiger partial charge in [-0.25, -0.2) is 0 Å². The van der Waals surface area contributed by atoms with Crippen molar-refractivity contribution in [1.29, 1.82) is 0 Å². The lowest BCUT2D eigenvalue weighted by atomic mass is 10.1. The number of unbranched alkanes of at least 4 members (excludes halogenated alkanes) is 11. The van der Waals surface area contributed by atoms with Gasteiger partial charge in [0.1, 0.15) is 0 Å². The molecule has 1 amide bonds. The molecule has 0 aliphatic carbocycles. The molecule has 216 valence electrons. The Kier molecular flexibility index (Phi) is 16.7. The molecule has 1 heterocycles. The van der Waals surface area contributed by atoms with E-state index >= 15 is 0 Å². The Hall–Kier alpha value is -1.63. The Bertz CT molecular complexity index is 1030. The Morgan fingerprint density at radius 2 is 1.59 bits per heavy atom. The van der Waals surface area contributed by atoms with E-state index in [4.69, 9.17) is 16.3 Å². The zero-order valence-electron chi connectivity index (χ0n) is 23.7. The van der Waals surface area contributed by atoms with Crippen molar-refractivity contribution in [3.8, 4) is 5.75 Å². The Labute approximate surface area is 256 Å². The first-order chi connectivity index (χ1) is 18.6. The number of nitrogens with zero attached hydrogens (tertiary/aromatic N) is 1. The summed E-state index contributed by atoms with van der Waals surface area (Å²) in [6.07, 6.45) is 15.6. The van der Waals surface area contributed by atoms with Crippen LogP contribution < -0.4 is 10.1 Å². The highest BCUT2D eigenvalue weighted by molar-refractivity contribution is 8.93. The molecule has 0 atom stereocenters. The van der Waals surface area contributed by atoms with Gasteiger partial charge in [-0.15, -0.1) is 28.7 Å². The van der Waals surface area contributed by atoms with Crippen molar-refractivity contribution < 1.29 is 9.53 Å². The standard InChI is InChI=1S/C32H45ClN2O2S.BrH/c1-3-4-5-6-7-8-9-10-11-12-13-14-21-37-31-29(19-16-20-30(31)33)32(36)34-28-18-15-17-27(22-28)23-35-25-38-24-26(35)2;/h15-20,22,24H,3-14,21,23,25H2,1-2H3,(H,34,36);1H. The highest BCUT2D eigenvalue weighted by atomic mass is 79.9. The van der Waals surface area contributed by atoms with Crippen molar-refractivity contribution >= 4 is 51.9 Å². The van der Waals surface area contributed by atoms with E-state index < -0.39 is 0 Å². The van der Waals surface area contributed by atoms with E-state index in [1.54, 1.807) is 18.2 Å². The Balaban J connectivity index is 0.00000533. The third-order valence-electron chi connectivity index (χ3n) is 7.00. The number of carbonyl (C=O) groups excluding carboxylic acids is 1. The van der Waals surface area contributed by atoms with Crippen molar-refractivity contribution in [1.82, 2.24) is 4.90 Å².